The van der Waals surface area contributed by atoms with Crippen LogP contribution >= 0.6 is 0 Å². The first-order valence-electron chi connectivity index (χ1n) is 9.34. The third-order valence-corrected chi connectivity index (χ3v) is 5.56. The van der Waals surface area contributed by atoms with Crippen LogP contribution in [0.25, 0.3) is 0 Å². The molecule has 0 aromatic heterocycles. The summed E-state index contributed by atoms with van der Waals surface area (Å²) in [6.07, 6.45) is 4.59. The Hall–Kier alpha value is -1.68. The third-order valence-electron chi connectivity index (χ3n) is 5.56. The van der Waals surface area contributed by atoms with Crippen LogP contribution in [0, 0.1) is 5.92 Å². The van der Waals surface area contributed by atoms with E-state index in [1.165, 1.54) is 0 Å². The SMILES string of the molecule is OC(CCCC1(c2ccccc2)OCCO1)(c1ccccc1)C1CC1. The fourth-order valence-corrected chi connectivity index (χ4v) is 4.06. The highest BCUT2D eigenvalue weighted by molar-refractivity contribution is 5.25. The van der Waals surface area contributed by atoms with E-state index in [9.17, 15) is 5.11 Å². The lowest BCUT2D eigenvalue weighted by Gasteiger charge is -2.32. The number of hydrogen-bond donors (Lipinski definition) is 1. The minimum Gasteiger partial charge on any atom is -0.385 e. The van der Waals surface area contributed by atoms with Gasteiger partial charge in [0.25, 0.3) is 0 Å². The summed E-state index contributed by atoms with van der Waals surface area (Å²) in [6.45, 7) is 1.25. The first-order chi connectivity index (χ1) is 12.2. The van der Waals surface area contributed by atoms with E-state index in [-0.39, 0.29) is 0 Å². The summed E-state index contributed by atoms with van der Waals surface area (Å²) >= 11 is 0. The molecule has 1 unspecified atom stereocenters. The van der Waals surface area contributed by atoms with Crippen molar-refractivity contribution < 1.29 is 14.6 Å². The van der Waals surface area contributed by atoms with Crippen molar-refractivity contribution in [3.63, 3.8) is 0 Å². The Morgan fingerprint density at radius 2 is 1.52 bits per heavy atom. The second kappa shape index (κ2) is 6.91. The van der Waals surface area contributed by atoms with Gasteiger partial charge in [0.15, 0.2) is 5.79 Å². The number of benzene rings is 2. The Labute approximate surface area is 149 Å². The van der Waals surface area contributed by atoms with Crippen molar-refractivity contribution in [1.29, 1.82) is 0 Å². The molecule has 1 N–H and O–H groups in total. The summed E-state index contributed by atoms with van der Waals surface area (Å²) in [7, 11) is 0. The molecule has 4 rings (SSSR count). The Morgan fingerprint density at radius 3 is 2.12 bits per heavy atom. The predicted molar refractivity (Wildman–Crippen MR) is 96.9 cm³/mol. The smallest absolute Gasteiger partial charge is 0.194 e. The molecule has 1 aliphatic carbocycles. The third kappa shape index (κ3) is 3.37. The lowest BCUT2D eigenvalue weighted by molar-refractivity contribution is -0.173. The Kier molecular flexibility index (Phi) is 4.63. The molecule has 2 aromatic carbocycles. The zero-order chi connectivity index (χ0) is 17.2. The normalized spacial score (nSPS) is 21.8. The van der Waals surface area contributed by atoms with Gasteiger partial charge in [0, 0.05) is 12.0 Å². The van der Waals surface area contributed by atoms with Crippen LogP contribution in [0.1, 0.15) is 43.2 Å². The highest BCUT2D eigenvalue weighted by Crippen LogP contribution is 2.49. The number of hydrogen-bond acceptors (Lipinski definition) is 3. The standard InChI is InChI=1S/C22H26O3/c23-21(19-12-13-19,18-8-3-1-4-9-18)14-7-15-22(24-16-17-25-22)20-10-5-2-6-11-20/h1-6,8-11,19,23H,7,12-17H2. The molecule has 1 atom stereocenters. The van der Waals surface area contributed by atoms with Crippen molar-refractivity contribution in [1.82, 2.24) is 0 Å². The molecule has 132 valence electrons. The molecule has 0 bridgehead atoms. The van der Waals surface area contributed by atoms with Gasteiger partial charge in [-0.05, 0) is 37.2 Å². The fourth-order valence-electron chi connectivity index (χ4n) is 4.06. The Bertz CT molecular complexity index is 633. The van der Waals surface area contributed by atoms with Gasteiger partial charge >= 0.3 is 0 Å². The lowest BCUT2D eigenvalue weighted by Crippen LogP contribution is -2.31. The molecule has 3 nitrogen and oxygen atoms in total. The van der Waals surface area contributed by atoms with Crippen LogP contribution in [0.4, 0.5) is 0 Å². The van der Waals surface area contributed by atoms with Crippen LogP contribution in [-0.2, 0) is 20.9 Å². The number of aliphatic hydroxyl groups is 1. The maximum Gasteiger partial charge on any atom is 0.194 e. The highest BCUT2D eigenvalue weighted by Gasteiger charge is 2.45. The fraction of sp³-hybridized carbons (Fsp3) is 0.455. The van der Waals surface area contributed by atoms with E-state index in [4.69, 9.17) is 9.47 Å². The first kappa shape index (κ1) is 16.8. The van der Waals surface area contributed by atoms with Crippen LogP contribution in [0.15, 0.2) is 60.7 Å². The van der Waals surface area contributed by atoms with Crippen molar-refractivity contribution in [3.05, 3.63) is 71.8 Å². The van der Waals surface area contributed by atoms with E-state index in [0.717, 1.165) is 43.2 Å². The molecule has 2 aromatic rings. The zero-order valence-electron chi connectivity index (χ0n) is 14.6. The van der Waals surface area contributed by atoms with Crippen molar-refractivity contribution >= 4 is 0 Å². The number of ether oxygens (including phenoxy) is 2. The molecule has 1 heterocycles. The summed E-state index contributed by atoms with van der Waals surface area (Å²) < 4.78 is 12.0. The van der Waals surface area contributed by atoms with Gasteiger partial charge in [0.1, 0.15) is 0 Å². The van der Waals surface area contributed by atoms with E-state index in [1.54, 1.807) is 0 Å². The maximum absolute atomic E-state index is 11.4. The van der Waals surface area contributed by atoms with Crippen molar-refractivity contribution in [3.8, 4) is 0 Å². The minimum absolute atomic E-state index is 0.382. The largest absolute Gasteiger partial charge is 0.385 e. The van der Waals surface area contributed by atoms with Gasteiger partial charge < -0.3 is 14.6 Å². The maximum atomic E-state index is 11.4. The highest BCUT2D eigenvalue weighted by atomic mass is 16.7. The molecular formula is C22H26O3. The Morgan fingerprint density at radius 1 is 0.920 bits per heavy atom. The molecule has 2 fully saturated rings. The topological polar surface area (TPSA) is 38.7 Å². The summed E-state index contributed by atoms with van der Waals surface area (Å²) in [5.41, 5.74) is 1.39. The molecule has 3 heteroatoms. The van der Waals surface area contributed by atoms with E-state index in [0.29, 0.717) is 19.1 Å². The van der Waals surface area contributed by atoms with Crippen LogP contribution in [0.3, 0.4) is 0 Å². The minimum atomic E-state index is -0.724. The van der Waals surface area contributed by atoms with Crippen molar-refractivity contribution in [2.45, 2.75) is 43.5 Å². The van der Waals surface area contributed by atoms with E-state index in [1.807, 2.05) is 48.5 Å². The van der Waals surface area contributed by atoms with Crippen molar-refractivity contribution in [2.24, 2.45) is 5.92 Å². The zero-order valence-corrected chi connectivity index (χ0v) is 14.6. The van der Waals surface area contributed by atoms with Gasteiger partial charge in [-0.15, -0.1) is 0 Å². The second-order valence-corrected chi connectivity index (χ2v) is 7.23. The molecule has 1 aliphatic heterocycles. The van der Waals surface area contributed by atoms with Crippen LogP contribution in [-0.4, -0.2) is 18.3 Å². The molecule has 0 amide bonds. The summed E-state index contributed by atoms with van der Waals surface area (Å²) in [5, 5.41) is 11.4. The molecule has 25 heavy (non-hydrogen) atoms. The summed E-state index contributed by atoms with van der Waals surface area (Å²) in [4.78, 5) is 0. The molecule has 0 spiro atoms. The van der Waals surface area contributed by atoms with Crippen LogP contribution in [0.2, 0.25) is 0 Å². The van der Waals surface area contributed by atoms with Crippen LogP contribution < -0.4 is 0 Å². The molecule has 1 saturated carbocycles. The van der Waals surface area contributed by atoms with E-state index in [2.05, 4.69) is 12.1 Å². The van der Waals surface area contributed by atoms with Gasteiger partial charge in [-0.3, -0.25) is 0 Å². The quantitative estimate of drug-likeness (QED) is 0.815. The van der Waals surface area contributed by atoms with Crippen LogP contribution in [0.5, 0.6) is 0 Å². The monoisotopic (exact) mass is 338 g/mol. The van der Waals surface area contributed by atoms with Gasteiger partial charge in [-0.1, -0.05) is 60.7 Å². The molecule has 2 aliphatic rings. The average molecular weight is 338 g/mol. The van der Waals surface area contributed by atoms with Gasteiger partial charge in [-0.2, -0.15) is 0 Å². The average Bonchev–Trinajstić information content (AvgIpc) is 3.43. The molecular weight excluding hydrogens is 312 g/mol. The molecule has 0 radical (unpaired) electrons. The predicted octanol–water partition coefficient (Wildman–Crippen LogP) is 4.35. The lowest BCUT2D eigenvalue weighted by atomic mass is 9.83. The van der Waals surface area contributed by atoms with E-state index >= 15 is 0 Å². The molecule has 1 saturated heterocycles. The number of rotatable bonds is 7. The Balaban J connectivity index is 1.48. The van der Waals surface area contributed by atoms with Gasteiger partial charge in [0.2, 0.25) is 0 Å². The van der Waals surface area contributed by atoms with Crippen molar-refractivity contribution in [2.75, 3.05) is 13.2 Å². The summed E-state index contributed by atoms with van der Waals surface area (Å²) in [5.74, 6) is -0.268. The second-order valence-electron chi connectivity index (χ2n) is 7.23. The first-order valence-corrected chi connectivity index (χ1v) is 9.34. The summed E-state index contributed by atoms with van der Waals surface area (Å²) in [6, 6.07) is 20.3. The van der Waals surface area contributed by atoms with Gasteiger partial charge in [0.05, 0.1) is 18.8 Å². The van der Waals surface area contributed by atoms with Gasteiger partial charge in [-0.25, -0.2) is 0 Å². The van der Waals surface area contributed by atoms with E-state index < -0.39 is 11.4 Å².